The number of anilines is 1. The number of nitrogens with zero attached hydrogens (tertiary/aromatic N) is 1. The third kappa shape index (κ3) is 3.23. The van der Waals surface area contributed by atoms with Crippen molar-refractivity contribution in [1.82, 2.24) is 10.3 Å². The van der Waals surface area contributed by atoms with E-state index in [-0.39, 0.29) is 23.1 Å². The van der Waals surface area contributed by atoms with Crippen molar-refractivity contribution in [2.24, 2.45) is 0 Å². The molecule has 1 unspecified atom stereocenters. The highest BCUT2D eigenvalue weighted by molar-refractivity contribution is 7.91. The minimum Gasteiger partial charge on any atom is -0.387 e. The van der Waals surface area contributed by atoms with Crippen LogP contribution in [0.2, 0.25) is 0 Å². The summed E-state index contributed by atoms with van der Waals surface area (Å²) in [6, 6.07) is 3.35. The van der Waals surface area contributed by atoms with Crippen LogP contribution in [0, 0.1) is 0 Å². The standard InChI is InChI=1S/C12H17N3O3S/c1-12(5-6-19(17,18)8-12)15-11(16)10-4-3-9(13-2)7-14-10/h3-4,7,13H,5-6,8H2,1-2H3,(H,15,16). The van der Waals surface area contributed by atoms with Crippen LogP contribution in [0.15, 0.2) is 18.3 Å². The molecule has 0 spiro atoms. The predicted octanol–water partition coefficient (Wildman–Crippen LogP) is 0.430. The van der Waals surface area contributed by atoms with Gasteiger partial charge in [-0.3, -0.25) is 4.79 Å². The van der Waals surface area contributed by atoms with Crippen LogP contribution in [0.4, 0.5) is 5.69 Å². The maximum Gasteiger partial charge on any atom is 0.270 e. The monoisotopic (exact) mass is 283 g/mol. The lowest BCUT2D eigenvalue weighted by Gasteiger charge is -2.23. The number of pyridine rings is 1. The van der Waals surface area contributed by atoms with E-state index in [0.717, 1.165) is 5.69 Å². The quantitative estimate of drug-likeness (QED) is 0.840. The summed E-state index contributed by atoms with van der Waals surface area (Å²) in [4.78, 5) is 16.1. The second-order valence-electron chi connectivity index (χ2n) is 5.04. The van der Waals surface area contributed by atoms with Gasteiger partial charge in [0, 0.05) is 7.05 Å². The Morgan fingerprint density at radius 2 is 2.16 bits per heavy atom. The number of carbonyl (C=O) groups excluding carboxylic acids is 1. The van der Waals surface area contributed by atoms with Gasteiger partial charge in [0.2, 0.25) is 0 Å². The molecule has 1 saturated heterocycles. The molecular weight excluding hydrogens is 266 g/mol. The highest BCUT2D eigenvalue weighted by Crippen LogP contribution is 2.23. The van der Waals surface area contributed by atoms with Crippen molar-refractivity contribution in [2.45, 2.75) is 18.9 Å². The van der Waals surface area contributed by atoms with Gasteiger partial charge >= 0.3 is 0 Å². The summed E-state index contributed by atoms with van der Waals surface area (Å²) in [5.41, 5.74) is 0.398. The number of hydrogen-bond donors (Lipinski definition) is 2. The van der Waals surface area contributed by atoms with Gasteiger partial charge in [-0.25, -0.2) is 13.4 Å². The van der Waals surface area contributed by atoms with Gasteiger partial charge in [-0.05, 0) is 25.5 Å². The van der Waals surface area contributed by atoms with E-state index in [9.17, 15) is 13.2 Å². The molecule has 7 heteroatoms. The topological polar surface area (TPSA) is 88.2 Å². The number of amides is 1. The van der Waals surface area contributed by atoms with Crippen LogP contribution in [0.3, 0.4) is 0 Å². The van der Waals surface area contributed by atoms with E-state index in [4.69, 9.17) is 0 Å². The Morgan fingerprint density at radius 3 is 2.63 bits per heavy atom. The van der Waals surface area contributed by atoms with Crippen LogP contribution in [-0.2, 0) is 9.84 Å². The molecule has 0 bridgehead atoms. The average Bonchev–Trinajstić information content (AvgIpc) is 2.63. The van der Waals surface area contributed by atoms with Crippen molar-refractivity contribution in [1.29, 1.82) is 0 Å². The van der Waals surface area contributed by atoms with E-state index in [2.05, 4.69) is 15.6 Å². The lowest BCUT2D eigenvalue weighted by atomic mass is 10.0. The molecule has 1 aliphatic rings. The molecular formula is C12H17N3O3S. The minimum absolute atomic E-state index is 0.0136. The van der Waals surface area contributed by atoms with Gasteiger partial charge in [0.25, 0.3) is 5.91 Å². The molecule has 1 aromatic heterocycles. The molecule has 19 heavy (non-hydrogen) atoms. The first-order valence-corrected chi connectivity index (χ1v) is 7.82. The maximum atomic E-state index is 12.0. The Hall–Kier alpha value is -1.63. The van der Waals surface area contributed by atoms with Crippen LogP contribution in [0.1, 0.15) is 23.8 Å². The first-order valence-electron chi connectivity index (χ1n) is 6.00. The van der Waals surface area contributed by atoms with Gasteiger partial charge in [0.05, 0.1) is 28.9 Å². The van der Waals surface area contributed by atoms with Gasteiger partial charge in [0.15, 0.2) is 9.84 Å². The van der Waals surface area contributed by atoms with Crippen LogP contribution in [0.25, 0.3) is 0 Å². The normalized spacial score (nSPS) is 24.9. The van der Waals surface area contributed by atoms with E-state index >= 15 is 0 Å². The van der Waals surface area contributed by atoms with Crippen molar-refractivity contribution in [3.8, 4) is 0 Å². The maximum absolute atomic E-state index is 12.0. The van der Waals surface area contributed by atoms with Crippen molar-refractivity contribution in [2.75, 3.05) is 23.9 Å². The Labute approximate surface area is 112 Å². The van der Waals surface area contributed by atoms with E-state index in [1.54, 1.807) is 32.3 Å². The molecule has 0 saturated carbocycles. The van der Waals surface area contributed by atoms with Crippen molar-refractivity contribution in [3.63, 3.8) is 0 Å². The van der Waals surface area contributed by atoms with E-state index < -0.39 is 15.4 Å². The first-order chi connectivity index (χ1) is 8.84. The molecule has 1 fully saturated rings. The van der Waals surface area contributed by atoms with Gasteiger partial charge in [-0.15, -0.1) is 0 Å². The Bertz CT molecular complexity index is 583. The molecule has 2 N–H and O–H groups in total. The van der Waals surface area contributed by atoms with Gasteiger partial charge in [-0.1, -0.05) is 0 Å². The molecule has 2 rings (SSSR count). The average molecular weight is 283 g/mol. The number of carbonyl (C=O) groups is 1. The fourth-order valence-electron chi connectivity index (χ4n) is 2.12. The smallest absolute Gasteiger partial charge is 0.270 e. The summed E-state index contributed by atoms with van der Waals surface area (Å²) in [5.74, 6) is -0.238. The first kappa shape index (κ1) is 13.8. The Kier molecular flexibility index (Phi) is 3.49. The van der Waals surface area contributed by atoms with E-state index in [0.29, 0.717) is 6.42 Å². The highest BCUT2D eigenvalue weighted by Gasteiger charge is 2.39. The Morgan fingerprint density at radius 1 is 1.42 bits per heavy atom. The molecule has 0 aliphatic carbocycles. The van der Waals surface area contributed by atoms with Crippen molar-refractivity contribution < 1.29 is 13.2 Å². The highest BCUT2D eigenvalue weighted by atomic mass is 32.2. The van der Waals surface area contributed by atoms with E-state index in [1.165, 1.54) is 0 Å². The molecule has 0 aromatic carbocycles. The zero-order valence-electron chi connectivity index (χ0n) is 10.9. The molecule has 1 aromatic rings. The third-order valence-electron chi connectivity index (χ3n) is 3.20. The predicted molar refractivity (Wildman–Crippen MR) is 72.9 cm³/mol. The van der Waals surface area contributed by atoms with Crippen LogP contribution < -0.4 is 10.6 Å². The number of aromatic nitrogens is 1. The summed E-state index contributed by atoms with van der Waals surface area (Å²) >= 11 is 0. The van der Waals surface area contributed by atoms with Crippen LogP contribution in [-0.4, -0.2) is 43.4 Å². The van der Waals surface area contributed by atoms with Crippen LogP contribution in [0.5, 0.6) is 0 Å². The SMILES string of the molecule is CNc1ccc(C(=O)NC2(C)CCS(=O)(=O)C2)nc1. The summed E-state index contributed by atoms with van der Waals surface area (Å²) in [7, 11) is -1.27. The third-order valence-corrected chi connectivity index (χ3v) is 5.11. The number of rotatable bonds is 3. The van der Waals surface area contributed by atoms with Gasteiger partial charge in [-0.2, -0.15) is 0 Å². The minimum atomic E-state index is -3.04. The van der Waals surface area contributed by atoms with Crippen molar-refractivity contribution >= 4 is 21.4 Å². The molecule has 6 nitrogen and oxygen atoms in total. The fraction of sp³-hybridized carbons (Fsp3) is 0.500. The van der Waals surface area contributed by atoms with Crippen molar-refractivity contribution in [3.05, 3.63) is 24.0 Å². The summed E-state index contributed by atoms with van der Waals surface area (Å²) in [6.45, 7) is 1.75. The van der Waals surface area contributed by atoms with E-state index in [1.807, 2.05) is 0 Å². The fourth-order valence-corrected chi connectivity index (χ4v) is 4.22. The lowest BCUT2D eigenvalue weighted by molar-refractivity contribution is 0.0910. The molecule has 0 radical (unpaired) electrons. The number of nitrogens with one attached hydrogen (secondary N) is 2. The van der Waals surface area contributed by atoms with Gasteiger partial charge in [0.1, 0.15) is 5.69 Å². The second kappa shape index (κ2) is 4.80. The zero-order chi connectivity index (χ0) is 14.1. The summed E-state index contributed by atoms with van der Waals surface area (Å²) < 4.78 is 22.9. The number of hydrogen-bond acceptors (Lipinski definition) is 5. The summed E-state index contributed by atoms with van der Waals surface area (Å²) in [5, 5.41) is 5.67. The van der Waals surface area contributed by atoms with Gasteiger partial charge < -0.3 is 10.6 Å². The number of sulfone groups is 1. The molecule has 1 aliphatic heterocycles. The summed E-state index contributed by atoms with van der Waals surface area (Å²) in [6.07, 6.45) is 2.00. The zero-order valence-corrected chi connectivity index (χ0v) is 11.8. The second-order valence-corrected chi connectivity index (χ2v) is 7.22. The molecule has 104 valence electrons. The largest absolute Gasteiger partial charge is 0.387 e. The lowest BCUT2D eigenvalue weighted by Crippen LogP contribution is -2.47. The molecule has 1 atom stereocenters. The molecule has 1 amide bonds. The van der Waals surface area contributed by atoms with Crippen LogP contribution >= 0.6 is 0 Å². The Balaban J connectivity index is 2.08. The molecule has 2 heterocycles.